The van der Waals surface area contributed by atoms with E-state index >= 15 is 0 Å². The fourth-order valence-electron chi connectivity index (χ4n) is 1.24. The Morgan fingerprint density at radius 1 is 1.50 bits per heavy atom. The highest BCUT2D eigenvalue weighted by Crippen LogP contribution is 2.16. The van der Waals surface area contributed by atoms with Crippen molar-refractivity contribution in [2.75, 3.05) is 6.54 Å². The standard InChI is InChI=1S/C10H13BrN2O/c1-2-13-9(10(12)14)7-3-5-8(11)6-4-7/h3-6,9,13H,2H2,1H3,(H2,12,14). The molecule has 0 aliphatic rings. The molecule has 1 amide bonds. The zero-order chi connectivity index (χ0) is 10.6. The lowest BCUT2D eigenvalue weighted by molar-refractivity contribution is -0.120. The smallest absolute Gasteiger partial charge is 0.239 e. The van der Waals surface area contributed by atoms with E-state index in [4.69, 9.17) is 5.73 Å². The number of nitrogens with two attached hydrogens (primary N) is 1. The minimum atomic E-state index is -0.395. The number of hydrogen-bond donors (Lipinski definition) is 2. The predicted molar refractivity (Wildman–Crippen MR) is 59.8 cm³/mol. The Morgan fingerprint density at radius 2 is 2.07 bits per heavy atom. The molecule has 4 heteroatoms. The number of halogens is 1. The molecule has 0 saturated heterocycles. The highest BCUT2D eigenvalue weighted by atomic mass is 79.9. The Balaban J connectivity index is 2.87. The van der Waals surface area contributed by atoms with Crippen LogP contribution in [0.5, 0.6) is 0 Å². The summed E-state index contributed by atoms with van der Waals surface area (Å²) in [6, 6.07) is 7.14. The lowest BCUT2D eigenvalue weighted by Crippen LogP contribution is -2.33. The van der Waals surface area contributed by atoms with Gasteiger partial charge in [-0.05, 0) is 24.2 Å². The number of nitrogens with one attached hydrogen (secondary N) is 1. The molecule has 0 spiro atoms. The third kappa shape index (κ3) is 2.82. The highest BCUT2D eigenvalue weighted by Gasteiger charge is 2.15. The van der Waals surface area contributed by atoms with E-state index < -0.39 is 6.04 Å². The molecule has 0 aliphatic heterocycles. The molecule has 0 aromatic heterocycles. The summed E-state index contributed by atoms with van der Waals surface area (Å²) in [5, 5.41) is 3.03. The van der Waals surface area contributed by atoms with E-state index in [1.165, 1.54) is 0 Å². The second kappa shape index (κ2) is 5.12. The number of carbonyl (C=O) groups excluding carboxylic acids is 1. The van der Waals surface area contributed by atoms with Crippen LogP contribution in [0.15, 0.2) is 28.7 Å². The Morgan fingerprint density at radius 3 is 2.50 bits per heavy atom. The molecule has 0 bridgehead atoms. The van der Waals surface area contributed by atoms with Crippen LogP contribution in [0.25, 0.3) is 0 Å². The van der Waals surface area contributed by atoms with Gasteiger partial charge in [-0.3, -0.25) is 4.79 Å². The van der Waals surface area contributed by atoms with Crippen molar-refractivity contribution >= 4 is 21.8 Å². The summed E-state index contributed by atoms with van der Waals surface area (Å²) in [5.74, 6) is -0.353. The van der Waals surface area contributed by atoms with Gasteiger partial charge in [-0.25, -0.2) is 0 Å². The first kappa shape index (κ1) is 11.2. The van der Waals surface area contributed by atoms with Gasteiger partial charge in [0.2, 0.25) is 5.91 Å². The maximum Gasteiger partial charge on any atom is 0.239 e. The number of amides is 1. The van der Waals surface area contributed by atoms with Crippen LogP contribution < -0.4 is 11.1 Å². The van der Waals surface area contributed by atoms with Crippen molar-refractivity contribution in [1.29, 1.82) is 0 Å². The number of likely N-dealkylation sites (N-methyl/N-ethyl adjacent to an activating group) is 1. The molecular weight excluding hydrogens is 244 g/mol. The average Bonchev–Trinajstić information content (AvgIpc) is 2.15. The van der Waals surface area contributed by atoms with Gasteiger partial charge in [0.15, 0.2) is 0 Å². The molecule has 0 radical (unpaired) electrons. The minimum absolute atomic E-state index is 0.353. The number of hydrogen-bond acceptors (Lipinski definition) is 2. The zero-order valence-electron chi connectivity index (χ0n) is 7.96. The van der Waals surface area contributed by atoms with Gasteiger partial charge in [0.05, 0.1) is 0 Å². The highest BCUT2D eigenvalue weighted by molar-refractivity contribution is 9.10. The molecule has 14 heavy (non-hydrogen) atoms. The first-order valence-corrected chi connectivity index (χ1v) is 5.22. The second-order valence-corrected chi connectivity index (χ2v) is 3.86. The van der Waals surface area contributed by atoms with Gasteiger partial charge in [-0.15, -0.1) is 0 Å². The van der Waals surface area contributed by atoms with Crippen molar-refractivity contribution in [1.82, 2.24) is 5.32 Å². The molecule has 0 saturated carbocycles. The van der Waals surface area contributed by atoms with Gasteiger partial charge < -0.3 is 11.1 Å². The Kier molecular flexibility index (Phi) is 4.10. The van der Waals surface area contributed by atoms with E-state index in [0.29, 0.717) is 6.54 Å². The normalized spacial score (nSPS) is 12.4. The van der Waals surface area contributed by atoms with E-state index in [-0.39, 0.29) is 5.91 Å². The van der Waals surface area contributed by atoms with E-state index in [1.807, 2.05) is 31.2 Å². The van der Waals surface area contributed by atoms with Crippen LogP contribution in [0.1, 0.15) is 18.5 Å². The van der Waals surface area contributed by atoms with E-state index in [9.17, 15) is 4.79 Å². The molecule has 3 N–H and O–H groups in total. The molecule has 1 aromatic carbocycles. The molecule has 1 unspecified atom stereocenters. The van der Waals surface area contributed by atoms with Crippen molar-refractivity contribution in [3.8, 4) is 0 Å². The van der Waals surface area contributed by atoms with E-state index in [2.05, 4.69) is 21.2 Å². The van der Waals surface area contributed by atoms with Crippen molar-refractivity contribution in [3.05, 3.63) is 34.3 Å². The average molecular weight is 257 g/mol. The fourth-order valence-corrected chi connectivity index (χ4v) is 1.51. The first-order chi connectivity index (χ1) is 6.65. The van der Waals surface area contributed by atoms with E-state index in [0.717, 1.165) is 10.0 Å². The van der Waals surface area contributed by atoms with Crippen LogP contribution in [0.4, 0.5) is 0 Å². The Labute approximate surface area is 91.8 Å². The van der Waals surface area contributed by atoms with Crippen molar-refractivity contribution in [3.63, 3.8) is 0 Å². The van der Waals surface area contributed by atoms with Crippen LogP contribution in [0.3, 0.4) is 0 Å². The molecule has 1 aromatic rings. The Hall–Kier alpha value is -0.870. The Bertz CT molecular complexity index is 310. The summed E-state index contributed by atoms with van der Waals surface area (Å²) in [6.07, 6.45) is 0. The van der Waals surface area contributed by atoms with Crippen molar-refractivity contribution < 1.29 is 4.79 Å². The quantitative estimate of drug-likeness (QED) is 0.860. The summed E-state index contributed by atoms with van der Waals surface area (Å²) in [6.45, 7) is 2.65. The van der Waals surface area contributed by atoms with E-state index in [1.54, 1.807) is 0 Å². The van der Waals surface area contributed by atoms with Crippen molar-refractivity contribution in [2.24, 2.45) is 5.73 Å². The summed E-state index contributed by atoms with van der Waals surface area (Å²) in [4.78, 5) is 11.1. The molecular formula is C10H13BrN2O. The maximum atomic E-state index is 11.1. The molecule has 0 aliphatic carbocycles. The van der Waals surface area contributed by atoms with Crippen LogP contribution in [0.2, 0.25) is 0 Å². The van der Waals surface area contributed by atoms with Crippen LogP contribution >= 0.6 is 15.9 Å². The van der Waals surface area contributed by atoms with Crippen LogP contribution in [0, 0.1) is 0 Å². The molecule has 3 nitrogen and oxygen atoms in total. The van der Waals surface area contributed by atoms with Gasteiger partial charge >= 0.3 is 0 Å². The van der Waals surface area contributed by atoms with Gasteiger partial charge in [-0.2, -0.15) is 0 Å². The second-order valence-electron chi connectivity index (χ2n) is 2.94. The lowest BCUT2D eigenvalue weighted by Gasteiger charge is -2.14. The summed E-state index contributed by atoms with van der Waals surface area (Å²) < 4.78 is 0.987. The SMILES string of the molecule is CCNC(C(N)=O)c1ccc(Br)cc1. The lowest BCUT2D eigenvalue weighted by atomic mass is 10.1. The van der Waals surface area contributed by atoms with Gasteiger partial charge in [0.25, 0.3) is 0 Å². The summed E-state index contributed by atoms with van der Waals surface area (Å²) in [5.41, 5.74) is 6.17. The summed E-state index contributed by atoms with van der Waals surface area (Å²) in [7, 11) is 0. The van der Waals surface area contributed by atoms with Crippen LogP contribution in [-0.4, -0.2) is 12.5 Å². The molecule has 1 atom stereocenters. The fraction of sp³-hybridized carbons (Fsp3) is 0.300. The predicted octanol–water partition coefficient (Wildman–Crippen LogP) is 1.58. The largest absolute Gasteiger partial charge is 0.368 e. The molecule has 76 valence electrons. The van der Waals surface area contributed by atoms with Crippen molar-refractivity contribution in [2.45, 2.75) is 13.0 Å². The maximum absolute atomic E-state index is 11.1. The summed E-state index contributed by atoms with van der Waals surface area (Å²) >= 11 is 3.33. The van der Waals surface area contributed by atoms with Crippen LogP contribution in [-0.2, 0) is 4.79 Å². The molecule has 0 heterocycles. The molecule has 1 rings (SSSR count). The zero-order valence-corrected chi connectivity index (χ0v) is 9.54. The topological polar surface area (TPSA) is 55.1 Å². The van der Waals surface area contributed by atoms with Gasteiger partial charge in [0.1, 0.15) is 6.04 Å². The number of primary amides is 1. The third-order valence-electron chi connectivity index (χ3n) is 1.90. The minimum Gasteiger partial charge on any atom is -0.368 e. The third-order valence-corrected chi connectivity index (χ3v) is 2.42. The number of benzene rings is 1. The number of rotatable bonds is 4. The number of carbonyl (C=O) groups is 1. The van der Waals surface area contributed by atoms with Gasteiger partial charge in [-0.1, -0.05) is 35.0 Å². The molecule has 0 fully saturated rings. The first-order valence-electron chi connectivity index (χ1n) is 4.43. The van der Waals surface area contributed by atoms with Gasteiger partial charge in [0, 0.05) is 4.47 Å². The monoisotopic (exact) mass is 256 g/mol.